The van der Waals surface area contributed by atoms with Crippen molar-refractivity contribution in [1.82, 2.24) is 0 Å². The summed E-state index contributed by atoms with van der Waals surface area (Å²) >= 11 is 0. The Balaban J connectivity index is 2.60. The summed E-state index contributed by atoms with van der Waals surface area (Å²) in [7, 11) is 0. The number of hydrogen-bond donors (Lipinski definition) is 0. The minimum atomic E-state index is 0.193. The van der Waals surface area contributed by atoms with Crippen molar-refractivity contribution in [3.05, 3.63) is 35.4 Å². The van der Waals surface area contributed by atoms with Crippen LogP contribution in [0, 0.1) is 5.92 Å². The van der Waals surface area contributed by atoms with E-state index in [9.17, 15) is 0 Å². The van der Waals surface area contributed by atoms with Crippen molar-refractivity contribution in [3.63, 3.8) is 0 Å². The van der Waals surface area contributed by atoms with Gasteiger partial charge in [0.05, 0.1) is 12.2 Å². The Morgan fingerprint density at radius 3 is 2.06 bits per heavy atom. The Labute approximate surface area is 106 Å². The molecule has 0 fully saturated rings. The van der Waals surface area contributed by atoms with Gasteiger partial charge in [-0.25, -0.2) is 0 Å². The van der Waals surface area contributed by atoms with Gasteiger partial charge in [0.15, 0.2) is 0 Å². The summed E-state index contributed by atoms with van der Waals surface area (Å²) in [6.07, 6.45) is 2.75. The fourth-order valence-corrected chi connectivity index (χ4v) is 1.92. The van der Waals surface area contributed by atoms with Gasteiger partial charge < -0.3 is 4.74 Å². The Kier molecular flexibility index (Phi) is 5.70. The molecule has 2 atom stereocenters. The number of rotatable bonds is 6. The molecule has 96 valence electrons. The number of ether oxygens (including phenoxy) is 1. The van der Waals surface area contributed by atoms with Crippen LogP contribution in [0.2, 0.25) is 0 Å². The van der Waals surface area contributed by atoms with Gasteiger partial charge in [0.25, 0.3) is 0 Å². The van der Waals surface area contributed by atoms with E-state index in [4.69, 9.17) is 4.74 Å². The van der Waals surface area contributed by atoms with Gasteiger partial charge in [-0.05, 0) is 43.7 Å². The first-order valence-electron chi connectivity index (χ1n) is 6.77. The lowest BCUT2D eigenvalue weighted by molar-refractivity contribution is 0.00547. The molecule has 0 aromatic heterocycles. The topological polar surface area (TPSA) is 9.23 Å². The lowest BCUT2D eigenvalue weighted by Gasteiger charge is -2.18. The zero-order valence-electron chi connectivity index (χ0n) is 11.9. The van der Waals surface area contributed by atoms with Crippen molar-refractivity contribution in [2.45, 2.75) is 59.7 Å². The summed E-state index contributed by atoms with van der Waals surface area (Å²) in [5, 5.41) is 0. The summed E-state index contributed by atoms with van der Waals surface area (Å²) in [6.45, 7) is 10.9. The first kappa shape index (κ1) is 14.2. The van der Waals surface area contributed by atoms with Gasteiger partial charge in [0, 0.05) is 0 Å². The van der Waals surface area contributed by atoms with Gasteiger partial charge >= 0.3 is 0 Å². The summed E-state index contributed by atoms with van der Waals surface area (Å²) < 4.78 is 5.91. The Morgan fingerprint density at radius 2 is 1.59 bits per heavy atom. The van der Waals surface area contributed by atoms with Gasteiger partial charge in [0.1, 0.15) is 0 Å². The molecule has 0 radical (unpaired) electrons. The second-order valence-electron chi connectivity index (χ2n) is 5.34. The van der Waals surface area contributed by atoms with E-state index < -0.39 is 0 Å². The molecule has 0 saturated carbocycles. The molecular weight excluding hydrogens is 208 g/mol. The zero-order chi connectivity index (χ0) is 12.8. The largest absolute Gasteiger partial charge is 0.371 e. The SMILES string of the molecule is CC[C@H](C)O[C@@H](C)c1ccc(CC(C)C)cc1. The van der Waals surface area contributed by atoms with Gasteiger partial charge in [-0.15, -0.1) is 0 Å². The van der Waals surface area contributed by atoms with Crippen molar-refractivity contribution in [2.24, 2.45) is 5.92 Å². The van der Waals surface area contributed by atoms with Crippen molar-refractivity contribution in [1.29, 1.82) is 0 Å². The van der Waals surface area contributed by atoms with Crippen molar-refractivity contribution in [3.8, 4) is 0 Å². The maximum Gasteiger partial charge on any atom is 0.0800 e. The van der Waals surface area contributed by atoms with Gasteiger partial charge in [-0.1, -0.05) is 45.0 Å². The molecule has 0 aliphatic carbocycles. The van der Waals surface area contributed by atoms with Crippen molar-refractivity contribution < 1.29 is 4.74 Å². The number of benzene rings is 1. The molecule has 0 aliphatic heterocycles. The molecule has 1 rings (SSSR count). The molecule has 17 heavy (non-hydrogen) atoms. The molecule has 0 unspecified atom stereocenters. The van der Waals surface area contributed by atoms with E-state index in [0.717, 1.165) is 18.8 Å². The van der Waals surface area contributed by atoms with Crippen molar-refractivity contribution in [2.75, 3.05) is 0 Å². The highest BCUT2D eigenvalue weighted by molar-refractivity contribution is 5.24. The Hall–Kier alpha value is -0.820. The summed E-state index contributed by atoms with van der Waals surface area (Å²) in [5.74, 6) is 0.717. The van der Waals surface area contributed by atoms with E-state index in [-0.39, 0.29) is 6.10 Å². The predicted molar refractivity (Wildman–Crippen MR) is 74.2 cm³/mol. The molecule has 0 bridgehead atoms. The quantitative estimate of drug-likeness (QED) is 0.689. The van der Waals surface area contributed by atoms with Crippen LogP contribution in [0.3, 0.4) is 0 Å². The smallest absolute Gasteiger partial charge is 0.0800 e. The summed E-state index contributed by atoms with van der Waals surface area (Å²) in [5.41, 5.74) is 2.69. The standard InChI is InChI=1S/C16H26O/c1-6-13(4)17-14(5)16-9-7-15(8-10-16)11-12(2)3/h7-10,12-14H,6,11H2,1-5H3/t13-,14-/m0/s1. The maximum atomic E-state index is 5.91. The predicted octanol–water partition coefficient (Wildman–Crippen LogP) is 4.76. The highest BCUT2D eigenvalue weighted by Crippen LogP contribution is 2.20. The Bertz CT molecular complexity index is 313. The van der Waals surface area contributed by atoms with Crippen LogP contribution in [0.15, 0.2) is 24.3 Å². The molecule has 1 aromatic carbocycles. The minimum Gasteiger partial charge on any atom is -0.371 e. The van der Waals surface area contributed by atoms with Crippen LogP contribution in [0.1, 0.15) is 58.3 Å². The molecule has 0 saturated heterocycles. The Morgan fingerprint density at radius 1 is 1.00 bits per heavy atom. The summed E-state index contributed by atoms with van der Waals surface area (Å²) in [6, 6.07) is 8.85. The van der Waals surface area contributed by atoms with Crippen LogP contribution in [0.4, 0.5) is 0 Å². The normalized spacial score (nSPS) is 14.9. The second-order valence-corrected chi connectivity index (χ2v) is 5.34. The molecule has 0 heterocycles. The van der Waals surface area contributed by atoms with Crippen molar-refractivity contribution >= 4 is 0 Å². The van der Waals surface area contributed by atoms with Crippen LogP contribution in [-0.2, 0) is 11.2 Å². The van der Waals surface area contributed by atoms with Crippen LogP contribution in [-0.4, -0.2) is 6.10 Å². The van der Waals surface area contributed by atoms with Gasteiger partial charge in [-0.2, -0.15) is 0 Å². The highest BCUT2D eigenvalue weighted by Gasteiger charge is 2.09. The summed E-state index contributed by atoms with van der Waals surface area (Å²) in [4.78, 5) is 0. The molecule has 1 heteroatoms. The fourth-order valence-electron chi connectivity index (χ4n) is 1.92. The van der Waals surface area contributed by atoms with Crippen LogP contribution in [0.25, 0.3) is 0 Å². The van der Waals surface area contributed by atoms with E-state index >= 15 is 0 Å². The van der Waals surface area contributed by atoms with E-state index in [1.54, 1.807) is 0 Å². The minimum absolute atomic E-state index is 0.193. The van der Waals surface area contributed by atoms with Crippen LogP contribution < -0.4 is 0 Å². The third-order valence-corrected chi connectivity index (χ3v) is 3.10. The molecule has 0 spiro atoms. The average molecular weight is 234 g/mol. The molecule has 0 aliphatic rings. The first-order chi connectivity index (χ1) is 8.02. The number of hydrogen-bond acceptors (Lipinski definition) is 1. The molecular formula is C16H26O. The fraction of sp³-hybridized carbons (Fsp3) is 0.625. The van der Waals surface area contributed by atoms with E-state index in [0.29, 0.717) is 6.10 Å². The van der Waals surface area contributed by atoms with Crippen LogP contribution in [0.5, 0.6) is 0 Å². The highest BCUT2D eigenvalue weighted by atomic mass is 16.5. The monoisotopic (exact) mass is 234 g/mol. The van der Waals surface area contributed by atoms with Gasteiger partial charge in [-0.3, -0.25) is 0 Å². The molecule has 1 nitrogen and oxygen atoms in total. The maximum absolute atomic E-state index is 5.91. The average Bonchev–Trinajstić information content (AvgIpc) is 2.28. The zero-order valence-corrected chi connectivity index (χ0v) is 11.9. The lowest BCUT2D eigenvalue weighted by Crippen LogP contribution is -2.10. The van der Waals surface area contributed by atoms with Gasteiger partial charge in [0.2, 0.25) is 0 Å². The molecule has 0 N–H and O–H groups in total. The van der Waals surface area contributed by atoms with E-state index in [1.807, 2.05) is 0 Å². The van der Waals surface area contributed by atoms with E-state index in [1.165, 1.54) is 11.1 Å². The first-order valence-corrected chi connectivity index (χ1v) is 6.77. The third-order valence-electron chi connectivity index (χ3n) is 3.10. The van der Waals surface area contributed by atoms with Crippen LogP contribution >= 0.6 is 0 Å². The third kappa shape index (κ3) is 4.91. The lowest BCUT2D eigenvalue weighted by atomic mass is 10.0. The molecule has 0 amide bonds. The van der Waals surface area contributed by atoms with E-state index in [2.05, 4.69) is 58.9 Å². The molecule has 1 aromatic rings. The second kappa shape index (κ2) is 6.80.